The van der Waals surface area contributed by atoms with E-state index in [2.05, 4.69) is 15.3 Å². The van der Waals surface area contributed by atoms with E-state index in [1.807, 2.05) is 25.1 Å². The van der Waals surface area contributed by atoms with E-state index in [0.29, 0.717) is 33.7 Å². The second-order valence-corrected chi connectivity index (χ2v) is 8.91. The fourth-order valence-electron chi connectivity index (χ4n) is 3.63. The van der Waals surface area contributed by atoms with Crippen molar-refractivity contribution in [2.24, 2.45) is 5.73 Å². The SMILES string of the molecule is COc1cc2ncnc(Nc3cc(Cl)c(F)cc3C(C)(C)O)c2cc1C(C=CC(N)=O)N(C)C. The third-order valence-corrected chi connectivity index (χ3v) is 5.57. The number of rotatable bonds is 8. The van der Waals surface area contributed by atoms with Gasteiger partial charge in [-0.2, -0.15) is 0 Å². The lowest BCUT2D eigenvalue weighted by atomic mass is 9.96. The summed E-state index contributed by atoms with van der Waals surface area (Å²) in [6.45, 7) is 3.10. The number of nitrogens with one attached hydrogen (secondary N) is 1. The predicted octanol–water partition coefficient (Wildman–Crippen LogP) is 4.05. The Labute approximate surface area is 202 Å². The van der Waals surface area contributed by atoms with Gasteiger partial charge < -0.3 is 20.9 Å². The number of hydrogen-bond acceptors (Lipinski definition) is 7. The maximum Gasteiger partial charge on any atom is 0.241 e. The van der Waals surface area contributed by atoms with E-state index in [9.17, 15) is 14.3 Å². The number of nitrogens with zero attached hydrogens (tertiary/aromatic N) is 3. The summed E-state index contributed by atoms with van der Waals surface area (Å²) in [6.07, 6.45) is 4.36. The number of methoxy groups -OCH3 is 1. The molecular weight excluding hydrogens is 461 g/mol. The summed E-state index contributed by atoms with van der Waals surface area (Å²) < 4.78 is 19.7. The number of anilines is 2. The van der Waals surface area contributed by atoms with Crippen LogP contribution in [0.25, 0.3) is 10.9 Å². The molecule has 2 aromatic carbocycles. The average molecular weight is 488 g/mol. The standard InChI is InChI=1S/C24H27ClFN5O3/c1-24(2,33)15-9-17(26)16(25)10-19(15)30-23-13-8-14(20(31(3)4)6-7-22(27)32)21(34-5)11-18(13)28-12-29-23/h6-12,20,33H,1-5H3,(H2,27,32)(H,28,29,30). The molecule has 1 heterocycles. The molecule has 8 nitrogen and oxygen atoms in total. The molecule has 1 aromatic heterocycles. The van der Waals surface area contributed by atoms with Crippen molar-refractivity contribution >= 4 is 39.9 Å². The molecule has 0 bridgehead atoms. The van der Waals surface area contributed by atoms with Gasteiger partial charge in [0.1, 0.15) is 23.7 Å². The van der Waals surface area contributed by atoms with Gasteiger partial charge in [0.2, 0.25) is 5.91 Å². The molecule has 1 amide bonds. The first-order valence-corrected chi connectivity index (χ1v) is 10.8. The van der Waals surface area contributed by atoms with Crippen LogP contribution in [0.2, 0.25) is 5.02 Å². The summed E-state index contributed by atoms with van der Waals surface area (Å²) in [4.78, 5) is 21.9. The van der Waals surface area contributed by atoms with Gasteiger partial charge in [0.05, 0.1) is 29.3 Å². The van der Waals surface area contributed by atoms with Crippen LogP contribution in [0, 0.1) is 5.82 Å². The molecule has 10 heteroatoms. The number of nitrogens with two attached hydrogens (primary N) is 1. The molecule has 0 aliphatic carbocycles. The molecule has 0 aliphatic heterocycles. The number of halogens is 2. The van der Waals surface area contributed by atoms with Crippen LogP contribution >= 0.6 is 11.6 Å². The summed E-state index contributed by atoms with van der Waals surface area (Å²) in [7, 11) is 5.26. The first-order valence-electron chi connectivity index (χ1n) is 10.4. The highest BCUT2D eigenvalue weighted by atomic mass is 35.5. The molecule has 0 aliphatic rings. The van der Waals surface area contributed by atoms with Crippen LogP contribution in [0.4, 0.5) is 15.9 Å². The molecule has 34 heavy (non-hydrogen) atoms. The summed E-state index contributed by atoms with van der Waals surface area (Å²) in [5.74, 6) is -0.228. The van der Waals surface area contributed by atoms with E-state index in [-0.39, 0.29) is 11.1 Å². The van der Waals surface area contributed by atoms with Gasteiger partial charge in [0.25, 0.3) is 0 Å². The molecule has 0 saturated heterocycles. The summed E-state index contributed by atoms with van der Waals surface area (Å²) in [5.41, 5.74) is 6.00. The Morgan fingerprint density at radius 2 is 2.00 bits per heavy atom. The van der Waals surface area contributed by atoms with Gasteiger partial charge in [-0.15, -0.1) is 0 Å². The number of primary amides is 1. The number of aliphatic hydroxyl groups is 1. The predicted molar refractivity (Wildman–Crippen MR) is 131 cm³/mol. The number of hydrogen-bond donors (Lipinski definition) is 3. The Kier molecular flexibility index (Phi) is 7.40. The number of benzene rings is 2. The van der Waals surface area contributed by atoms with Gasteiger partial charge in [-0.3, -0.25) is 9.69 Å². The number of carbonyl (C=O) groups is 1. The zero-order chi connectivity index (χ0) is 25.2. The van der Waals surface area contributed by atoms with Crippen molar-refractivity contribution in [3.8, 4) is 5.75 Å². The van der Waals surface area contributed by atoms with Crippen molar-refractivity contribution in [1.29, 1.82) is 0 Å². The van der Waals surface area contributed by atoms with Gasteiger partial charge in [0, 0.05) is 34.3 Å². The Hall–Kier alpha value is -3.27. The largest absolute Gasteiger partial charge is 0.496 e. The number of ether oxygens (including phenoxy) is 1. The number of carbonyl (C=O) groups excluding carboxylic acids is 1. The normalized spacial score (nSPS) is 13.0. The molecule has 1 unspecified atom stereocenters. The van der Waals surface area contributed by atoms with Crippen LogP contribution < -0.4 is 15.8 Å². The highest BCUT2D eigenvalue weighted by Gasteiger charge is 2.24. The topological polar surface area (TPSA) is 114 Å². The minimum Gasteiger partial charge on any atom is -0.496 e. The van der Waals surface area contributed by atoms with Crippen LogP contribution in [0.1, 0.15) is 31.0 Å². The molecule has 0 saturated carbocycles. The Morgan fingerprint density at radius 3 is 2.59 bits per heavy atom. The molecule has 0 spiro atoms. The molecule has 3 aromatic rings. The van der Waals surface area contributed by atoms with Gasteiger partial charge in [-0.1, -0.05) is 17.7 Å². The van der Waals surface area contributed by atoms with Crippen molar-refractivity contribution in [2.75, 3.05) is 26.5 Å². The third-order valence-electron chi connectivity index (χ3n) is 5.28. The Balaban J connectivity index is 2.21. The van der Waals surface area contributed by atoms with Gasteiger partial charge in [-0.05, 0) is 46.1 Å². The quantitative estimate of drug-likeness (QED) is 0.411. The second kappa shape index (κ2) is 9.92. The van der Waals surface area contributed by atoms with E-state index in [4.69, 9.17) is 22.1 Å². The highest BCUT2D eigenvalue weighted by molar-refractivity contribution is 6.31. The zero-order valence-electron chi connectivity index (χ0n) is 19.6. The molecule has 1 atom stereocenters. The first-order chi connectivity index (χ1) is 15.9. The summed E-state index contributed by atoms with van der Waals surface area (Å²) in [6, 6.07) is 5.87. The number of amides is 1. The van der Waals surface area contributed by atoms with Crippen molar-refractivity contribution in [2.45, 2.75) is 25.5 Å². The van der Waals surface area contributed by atoms with Crippen LogP contribution in [0.15, 0.2) is 42.7 Å². The van der Waals surface area contributed by atoms with E-state index in [0.717, 1.165) is 5.56 Å². The molecule has 4 N–H and O–H groups in total. The van der Waals surface area contributed by atoms with Gasteiger partial charge in [-0.25, -0.2) is 14.4 Å². The Bertz CT molecular complexity index is 1260. The smallest absolute Gasteiger partial charge is 0.241 e. The molecule has 0 radical (unpaired) electrons. The van der Waals surface area contributed by atoms with Crippen molar-refractivity contribution in [3.63, 3.8) is 0 Å². The van der Waals surface area contributed by atoms with Crippen LogP contribution in [0.3, 0.4) is 0 Å². The van der Waals surface area contributed by atoms with Gasteiger partial charge in [0.15, 0.2) is 0 Å². The minimum absolute atomic E-state index is 0.0968. The Morgan fingerprint density at radius 1 is 1.29 bits per heavy atom. The second-order valence-electron chi connectivity index (χ2n) is 8.50. The lowest BCUT2D eigenvalue weighted by molar-refractivity contribution is -0.113. The lowest BCUT2D eigenvalue weighted by Gasteiger charge is -2.25. The van der Waals surface area contributed by atoms with Crippen LogP contribution in [-0.2, 0) is 10.4 Å². The monoisotopic (exact) mass is 487 g/mol. The maximum atomic E-state index is 14.2. The fraction of sp³-hybridized carbons (Fsp3) is 0.292. The minimum atomic E-state index is -1.35. The number of aromatic nitrogens is 2. The van der Waals surface area contributed by atoms with E-state index in [1.165, 1.54) is 24.5 Å². The van der Waals surface area contributed by atoms with Crippen LogP contribution in [0.5, 0.6) is 5.75 Å². The average Bonchev–Trinajstić information content (AvgIpc) is 2.74. The van der Waals surface area contributed by atoms with Crippen molar-refractivity contribution < 1.29 is 19.0 Å². The first kappa shape index (κ1) is 25.4. The number of likely N-dealkylation sites (N-methyl/N-ethyl adjacent to an activating group) is 1. The van der Waals surface area contributed by atoms with Gasteiger partial charge >= 0.3 is 0 Å². The molecule has 180 valence electrons. The van der Waals surface area contributed by atoms with Crippen molar-refractivity contribution in [3.05, 3.63) is 64.7 Å². The summed E-state index contributed by atoms with van der Waals surface area (Å²) in [5, 5.41) is 14.3. The molecule has 3 rings (SSSR count). The fourth-order valence-corrected chi connectivity index (χ4v) is 3.80. The third kappa shape index (κ3) is 5.44. The molecular formula is C24H27ClFN5O3. The number of fused-ring (bicyclic) bond motifs is 1. The van der Waals surface area contributed by atoms with Crippen molar-refractivity contribution in [1.82, 2.24) is 14.9 Å². The van der Waals surface area contributed by atoms with E-state index < -0.39 is 17.3 Å². The highest BCUT2D eigenvalue weighted by Crippen LogP contribution is 2.38. The van der Waals surface area contributed by atoms with Crippen LogP contribution in [-0.4, -0.2) is 47.1 Å². The van der Waals surface area contributed by atoms with E-state index in [1.54, 1.807) is 33.1 Å². The summed E-state index contributed by atoms with van der Waals surface area (Å²) >= 11 is 6.03. The van der Waals surface area contributed by atoms with E-state index >= 15 is 0 Å². The zero-order valence-corrected chi connectivity index (χ0v) is 20.3. The maximum absolute atomic E-state index is 14.2. The molecule has 0 fully saturated rings. The lowest BCUT2D eigenvalue weighted by Crippen LogP contribution is -2.20.